The number of carbonyl (C=O) groups is 1. The van der Waals surface area contributed by atoms with Gasteiger partial charge in [0.25, 0.3) is 5.91 Å². The molecule has 0 radical (unpaired) electrons. The fraction of sp³-hybridized carbons (Fsp3) is 0.333. The van der Waals surface area contributed by atoms with E-state index >= 15 is 0 Å². The molecule has 1 unspecified atom stereocenters. The molecule has 0 saturated carbocycles. The Kier molecular flexibility index (Phi) is 7.39. The Morgan fingerprint density at radius 2 is 2.09 bits per heavy atom. The lowest BCUT2D eigenvalue weighted by Gasteiger charge is -2.23. The smallest absolute Gasteiger partial charge is 0.255 e. The van der Waals surface area contributed by atoms with Gasteiger partial charge in [0.2, 0.25) is 0 Å². The molecule has 6 nitrogen and oxygen atoms in total. The minimum absolute atomic E-state index is 0.0254. The highest BCUT2D eigenvalue weighted by Crippen LogP contribution is 2.37. The summed E-state index contributed by atoms with van der Waals surface area (Å²) in [4.78, 5) is 12.6. The van der Waals surface area contributed by atoms with Crippen molar-refractivity contribution in [2.75, 3.05) is 18.5 Å². The van der Waals surface area contributed by atoms with E-state index < -0.39 is 17.5 Å². The first kappa shape index (κ1) is 23.4. The first-order chi connectivity index (χ1) is 15.9. The molecular formula is C24H25BrF2N4O2. The Bertz CT molecular complexity index is 1130. The van der Waals surface area contributed by atoms with E-state index in [0.29, 0.717) is 24.1 Å². The average Bonchev–Trinajstić information content (AvgIpc) is 3.15. The largest absolute Gasteiger partial charge is 0.493 e. The van der Waals surface area contributed by atoms with E-state index in [9.17, 15) is 13.6 Å². The molecule has 1 saturated heterocycles. The van der Waals surface area contributed by atoms with Gasteiger partial charge in [0.15, 0.2) is 11.6 Å². The van der Waals surface area contributed by atoms with Crippen molar-refractivity contribution >= 4 is 27.5 Å². The Hall–Kier alpha value is -2.78. The van der Waals surface area contributed by atoms with E-state index in [0.717, 1.165) is 47.2 Å². The molecule has 1 aliphatic rings. The Morgan fingerprint density at radius 3 is 2.79 bits per heavy atom. The molecule has 3 aromatic rings. The molecule has 33 heavy (non-hydrogen) atoms. The number of aryl methyl sites for hydroxylation is 1. The van der Waals surface area contributed by atoms with Gasteiger partial charge in [-0.05, 0) is 78.1 Å². The number of anilines is 1. The molecule has 1 fully saturated rings. The van der Waals surface area contributed by atoms with Crippen LogP contribution in [0.25, 0.3) is 11.3 Å². The van der Waals surface area contributed by atoms with Crippen molar-refractivity contribution in [3.05, 3.63) is 64.3 Å². The summed E-state index contributed by atoms with van der Waals surface area (Å²) in [6, 6.07) is 8.81. The fourth-order valence-corrected chi connectivity index (χ4v) is 4.52. The minimum Gasteiger partial charge on any atom is -0.493 e. The summed E-state index contributed by atoms with van der Waals surface area (Å²) in [6.07, 6.45) is 6.20. The van der Waals surface area contributed by atoms with Crippen molar-refractivity contribution in [1.29, 1.82) is 0 Å². The monoisotopic (exact) mass is 518 g/mol. The van der Waals surface area contributed by atoms with Gasteiger partial charge in [-0.25, -0.2) is 8.78 Å². The average molecular weight is 519 g/mol. The van der Waals surface area contributed by atoms with Crippen LogP contribution in [0.5, 0.6) is 5.75 Å². The number of halogens is 3. The van der Waals surface area contributed by atoms with Crippen LogP contribution in [-0.4, -0.2) is 34.9 Å². The second-order valence-corrected chi connectivity index (χ2v) is 8.90. The van der Waals surface area contributed by atoms with E-state index in [1.807, 2.05) is 7.05 Å². The summed E-state index contributed by atoms with van der Waals surface area (Å²) in [6.45, 7) is 1.60. The summed E-state index contributed by atoms with van der Waals surface area (Å²) in [5.74, 6) is -1.94. The van der Waals surface area contributed by atoms with Gasteiger partial charge >= 0.3 is 0 Å². The second kappa shape index (κ2) is 10.4. The molecule has 1 amide bonds. The molecule has 1 aromatic heterocycles. The first-order valence-corrected chi connectivity index (χ1v) is 11.7. The number of nitrogens with zero attached hydrogens (tertiary/aromatic N) is 2. The van der Waals surface area contributed by atoms with Gasteiger partial charge in [-0.1, -0.05) is 6.42 Å². The second-order valence-electron chi connectivity index (χ2n) is 8.04. The predicted molar refractivity (Wildman–Crippen MR) is 126 cm³/mol. The van der Waals surface area contributed by atoms with Gasteiger partial charge < -0.3 is 15.4 Å². The maximum Gasteiger partial charge on any atom is 0.255 e. The van der Waals surface area contributed by atoms with Crippen LogP contribution in [0, 0.1) is 11.6 Å². The molecule has 2 aromatic carbocycles. The van der Waals surface area contributed by atoms with Crippen molar-refractivity contribution in [3.8, 4) is 17.0 Å². The summed E-state index contributed by atoms with van der Waals surface area (Å²) >= 11 is 3.53. The van der Waals surface area contributed by atoms with Gasteiger partial charge in [-0.2, -0.15) is 5.10 Å². The van der Waals surface area contributed by atoms with Crippen molar-refractivity contribution < 1.29 is 18.3 Å². The summed E-state index contributed by atoms with van der Waals surface area (Å²) in [7, 11) is 1.82. The fourth-order valence-electron chi connectivity index (χ4n) is 3.95. The number of rotatable bonds is 7. The van der Waals surface area contributed by atoms with Crippen LogP contribution < -0.4 is 15.4 Å². The highest BCUT2D eigenvalue weighted by Gasteiger charge is 2.18. The summed E-state index contributed by atoms with van der Waals surface area (Å²) in [5.41, 5.74) is 2.07. The quantitative estimate of drug-likeness (QED) is 0.445. The summed E-state index contributed by atoms with van der Waals surface area (Å²) < 4.78 is 35.4. The molecule has 1 aliphatic heterocycles. The van der Waals surface area contributed by atoms with E-state index in [1.54, 1.807) is 29.1 Å². The van der Waals surface area contributed by atoms with Gasteiger partial charge in [0, 0.05) is 29.9 Å². The predicted octanol–water partition coefficient (Wildman–Crippen LogP) is 5.29. The first-order valence-electron chi connectivity index (χ1n) is 10.9. The van der Waals surface area contributed by atoms with Gasteiger partial charge in [0.05, 0.1) is 23.0 Å². The standard InChI is InChI=1S/C24H25BrF2N4O2/c1-31-23(19(25)14-29-31)18-13-17(30-24(32)15-5-7-20(26)21(27)12-15)6-8-22(18)33-11-9-16-4-2-3-10-28-16/h5-8,12-14,16,28H,2-4,9-11H2,1H3,(H,30,32). The molecule has 2 heterocycles. The summed E-state index contributed by atoms with van der Waals surface area (Å²) in [5, 5.41) is 10.5. The molecule has 0 spiro atoms. The number of aromatic nitrogens is 2. The molecule has 9 heteroatoms. The number of hydrogen-bond acceptors (Lipinski definition) is 4. The van der Waals surface area contributed by atoms with E-state index in [2.05, 4.69) is 31.7 Å². The Morgan fingerprint density at radius 1 is 1.24 bits per heavy atom. The number of amides is 1. The van der Waals surface area contributed by atoms with Crippen LogP contribution in [-0.2, 0) is 7.05 Å². The number of benzene rings is 2. The lowest BCUT2D eigenvalue weighted by atomic mass is 10.0. The molecule has 0 bridgehead atoms. The molecule has 4 rings (SSSR count). The van der Waals surface area contributed by atoms with Crippen LogP contribution >= 0.6 is 15.9 Å². The van der Waals surface area contributed by atoms with Crippen molar-refractivity contribution in [2.45, 2.75) is 31.7 Å². The molecule has 0 aliphatic carbocycles. The molecule has 174 valence electrons. The molecular weight excluding hydrogens is 494 g/mol. The lowest BCUT2D eigenvalue weighted by Crippen LogP contribution is -2.35. The van der Waals surface area contributed by atoms with Crippen molar-refractivity contribution in [1.82, 2.24) is 15.1 Å². The van der Waals surface area contributed by atoms with Gasteiger partial charge in [-0.3, -0.25) is 9.48 Å². The normalized spacial score (nSPS) is 15.9. The SMILES string of the molecule is Cn1ncc(Br)c1-c1cc(NC(=O)c2ccc(F)c(F)c2)ccc1OCCC1CCCCN1. The zero-order chi connectivity index (χ0) is 23.4. The van der Waals surface area contributed by atoms with Crippen molar-refractivity contribution in [2.24, 2.45) is 7.05 Å². The van der Waals surface area contributed by atoms with E-state index in [4.69, 9.17) is 4.74 Å². The van der Waals surface area contributed by atoms with Crippen LogP contribution in [0.3, 0.4) is 0 Å². The van der Waals surface area contributed by atoms with Gasteiger partial charge in [0.1, 0.15) is 5.75 Å². The highest BCUT2D eigenvalue weighted by atomic mass is 79.9. The van der Waals surface area contributed by atoms with Crippen LogP contribution in [0.15, 0.2) is 47.1 Å². The van der Waals surface area contributed by atoms with Gasteiger partial charge in [-0.15, -0.1) is 0 Å². The zero-order valence-corrected chi connectivity index (χ0v) is 19.8. The van der Waals surface area contributed by atoms with Crippen LogP contribution in [0.4, 0.5) is 14.5 Å². The zero-order valence-electron chi connectivity index (χ0n) is 18.2. The molecule has 1 atom stereocenters. The maximum atomic E-state index is 13.5. The molecule has 2 N–H and O–H groups in total. The number of piperidine rings is 1. The van der Waals surface area contributed by atoms with Crippen LogP contribution in [0.2, 0.25) is 0 Å². The number of ether oxygens (including phenoxy) is 1. The highest BCUT2D eigenvalue weighted by molar-refractivity contribution is 9.10. The lowest BCUT2D eigenvalue weighted by molar-refractivity contribution is 0.102. The van der Waals surface area contributed by atoms with Crippen LogP contribution in [0.1, 0.15) is 36.0 Å². The Labute approximate surface area is 199 Å². The number of carbonyl (C=O) groups excluding carboxylic acids is 1. The number of hydrogen-bond donors (Lipinski definition) is 2. The third kappa shape index (κ3) is 5.59. The van der Waals surface area contributed by atoms with E-state index in [1.165, 1.54) is 18.9 Å². The topological polar surface area (TPSA) is 68.2 Å². The number of nitrogens with one attached hydrogen (secondary N) is 2. The minimum atomic E-state index is -1.07. The third-order valence-corrected chi connectivity index (χ3v) is 6.29. The van der Waals surface area contributed by atoms with Crippen molar-refractivity contribution in [3.63, 3.8) is 0 Å². The third-order valence-electron chi connectivity index (χ3n) is 5.70. The van der Waals surface area contributed by atoms with E-state index in [-0.39, 0.29) is 5.56 Å². The Balaban J connectivity index is 1.55. The maximum absolute atomic E-state index is 13.5.